The van der Waals surface area contributed by atoms with Gasteiger partial charge in [0.15, 0.2) is 0 Å². The molecule has 0 fully saturated rings. The fourth-order valence-corrected chi connectivity index (χ4v) is 16.7. The maximum atomic E-state index is 18.2. The Bertz CT molecular complexity index is 5390. The van der Waals surface area contributed by atoms with Gasteiger partial charge < -0.3 is 24.5 Å². The number of rotatable bonds is 11. The minimum atomic E-state index is -5.09. The van der Waals surface area contributed by atoms with Crippen LogP contribution in [0.3, 0.4) is 0 Å². The van der Waals surface area contributed by atoms with Crippen molar-refractivity contribution in [1.29, 1.82) is 0 Å². The summed E-state index contributed by atoms with van der Waals surface area (Å²) >= 11 is 1.10. The molecule has 0 N–H and O–H groups in total. The monoisotopic (exact) mass is 1290 g/mol. The smallest absolute Gasteiger partial charge is 0.311 e. The van der Waals surface area contributed by atoms with Gasteiger partial charge in [0.05, 0.1) is 28.3 Å². The summed E-state index contributed by atoms with van der Waals surface area (Å²) in [4.78, 5) is 10.8. The summed E-state index contributed by atoms with van der Waals surface area (Å²) in [6.07, 6.45) is -5.09. The van der Waals surface area contributed by atoms with Crippen LogP contribution in [0.25, 0.3) is 22.3 Å². The minimum absolute atomic E-state index is 0.0131. The van der Waals surface area contributed by atoms with Crippen molar-refractivity contribution in [2.45, 2.75) is 16.0 Å². The highest BCUT2D eigenvalue weighted by molar-refractivity contribution is 8.00. The Labute approximate surface area is 569 Å². The molecule has 98 heavy (non-hydrogen) atoms. The zero-order chi connectivity index (χ0) is 65.8. The van der Waals surface area contributed by atoms with Crippen LogP contribution >= 0.6 is 11.8 Å². The lowest BCUT2D eigenvalue weighted by Gasteiger charge is -2.47. The first kappa shape index (κ1) is 58.8. The number of halogens is 5. The number of hydrogen-bond donors (Lipinski definition) is 0. The van der Waals surface area contributed by atoms with Gasteiger partial charge in [-0.05, 0) is 159 Å². The predicted molar refractivity (Wildman–Crippen MR) is 396 cm³/mol. The summed E-state index contributed by atoms with van der Waals surface area (Å²) in [5.41, 5.74) is 16.1. The van der Waals surface area contributed by atoms with Crippen LogP contribution in [0.1, 0.15) is 5.56 Å². The second-order valence-corrected chi connectivity index (χ2v) is 25.9. The van der Waals surface area contributed by atoms with E-state index in [1.54, 1.807) is 0 Å². The molecule has 4 aliphatic rings. The van der Waals surface area contributed by atoms with Crippen molar-refractivity contribution in [2.24, 2.45) is 0 Å². The van der Waals surface area contributed by atoms with E-state index in [-0.39, 0.29) is 16.3 Å². The topological polar surface area (TPSA) is 16.2 Å². The molecule has 13 heteroatoms. The van der Waals surface area contributed by atoms with Gasteiger partial charge >= 0.3 is 6.18 Å². The van der Waals surface area contributed by atoms with E-state index in [0.29, 0.717) is 44.0 Å². The van der Waals surface area contributed by atoms with Crippen molar-refractivity contribution in [2.75, 3.05) is 24.5 Å². The van der Waals surface area contributed by atoms with Crippen molar-refractivity contribution in [3.63, 3.8) is 0 Å². The summed E-state index contributed by atoms with van der Waals surface area (Å²) in [6.45, 7) is -1.61. The molecule has 0 amide bonds. The van der Waals surface area contributed by atoms with Crippen LogP contribution in [0.2, 0.25) is 0 Å². The Morgan fingerprint density at radius 1 is 0.327 bits per heavy atom. The van der Waals surface area contributed by atoms with Gasteiger partial charge in [0.1, 0.15) is 11.6 Å². The van der Waals surface area contributed by atoms with E-state index in [2.05, 4.69) is 117 Å². The highest BCUT2D eigenvalue weighted by atomic mass is 32.2. The van der Waals surface area contributed by atoms with E-state index in [4.69, 9.17) is 0 Å². The highest BCUT2D eigenvalue weighted by Gasteiger charge is 2.53. The van der Waals surface area contributed by atoms with Gasteiger partial charge in [0.2, 0.25) is 6.71 Å². The number of anilines is 15. The molecule has 0 radical (unpaired) electrons. The standard InChI is InChI=1S/C85H54B2F5N5S/c88-58-45-48-75(71(89)49-58)97-77-51-64(93(59-29-11-3-12-30-59)60-31-13-4-14-32-60)50-76-81(77)86(67-38-20-23-41-73(67)95(76)61-33-15-5-16-34-61)69-54-70-84(80(83(69)97)85(90,91)92)98-79-53-65(52-78-82(79)87(70)68-39-21-24-42-74(68)96(78)62-35-17-6-18-36-62)94(63-46-43-56(44-47-63)55-25-7-1-8-26-55)72-40-22-19-37-66(72)57-27-9-2-10-28-57/h1-54H. The third-order valence-corrected chi connectivity index (χ3v) is 20.5. The van der Waals surface area contributed by atoms with Gasteiger partial charge in [-0.1, -0.05) is 223 Å². The summed E-state index contributed by atoms with van der Waals surface area (Å²) in [5, 5.41) is 0. The number of benzene rings is 14. The molecule has 0 aliphatic carbocycles. The Balaban J connectivity index is 0.948. The average molecular weight is 1290 g/mol. The van der Waals surface area contributed by atoms with E-state index in [0.717, 1.165) is 114 Å². The highest BCUT2D eigenvalue weighted by Crippen LogP contribution is 2.56. The number of para-hydroxylation sites is 7. The van der Waals surface area contributed by atoms with Crippen molar-refractivity contribution in [1.82, 2.24) is 0 Å². The van der Waals surface area contributed by atoms with Crippen molar-refractivity contribution in [3.8, 4) is 22.3 Å². The molecule has 18 rings (SSSR count). The van der Waals surface area contributed by atoms with Crippen LogP contribution in [0.15, 0.2) is 337 Å². The molecule has 5 nitrogen and oxygen atoms in total. The fourth-order valence-electron chi connectivity index (χ4n) is 15.4. The second kappa shape index (κ2) is 23.5. The predicted octanol–water partition coefficient (Wildman–Crippen LogP) is 20.1. The van der Waals surface area contributed by atoms with Gasteiger partial charge in [0, 0.05) is 84.0 Å². The lowest BCUT2D eigenvalue weighted by Crippen LogP contribution is -2.65. The van der Waals surface area contributed by atoms with Crippen LogP contribution in [-0.4, -0.2) is 13.4 Å². The zero-order valence-corrected chi connectivity index (χ0v) is 53.2. The molecular weight excluding hydrogens is 1240 g/mol. The summed E-state index contributed by atoms with van der Waals surface area (Å²) in [7, 11) is 0. The molecule has 4 aliphatic heterocycles. The largest absolute Gasteiger partial charge is 0.419 e. The lowest BCUT2D eigenvalue weighted by molar-refractivity contribution is -0.139. The quantitative estimate of drug-likeness (QED) is 0.0941. The molecule has 0 spiro atoms. The van der Waals surface area contributed by atoms with Crippen LogP contribution < -0.4 is 57.3 Å². The average Bonchev–Trinajstić information content (AvgIpc) is 0.679. The molecule has 0 saturated carbocycles. The van der Waals surface area contributed by atoms with Crippen LogP contribution in [0.4, 0.5) is 107 Å². The number of nitrogens with zero attached hydrogens (tertiary/aromatic N) is 5. The summed E-state index contributed by atoms with van der Waals surface area (Å²) in [6, 6.07) is 106. The van der Waals surface area contributed by atoms with Crippen LogP contribution in [0.5, 0.6) is 0 Å². The fraction of sp³-hybridized carbons (Fsp3) is 0.0118. The number of fused-ring (bicyclic) bond motifs is 8. The Morgan fingerprint density at radius 2 is 0.786 bits per heavy atom. The normalized spacial score (nSPS) is 13.0. The SMILES string of the molecule is Fc1ccc(N2c3cc(N(c4ccccc4)c4ccccc4)cc4c3B(c3ccccc3N4c3ccccc3)c3cc4c(c(C(F)(F)F)c32)Sc2cc(N(c3ccc(-c5ccccc5)cc3)c3ccccc3-c3ccccc3)cc3c2B4c2ccccc2N3c2ccccc2)c(F)c1. The van der Waals surface area contributed by atoms with Gasteiger partial charge in [-0.25, -0.2) is 8.78 Å². The van der Waals surface area contributed by atoms with Crippen molar-refractivity contribution in [3.05, 3.63) is 345 Å². The molecule has 14 aromatic carbocycles. The number of alkyl halides is 3. The molecular formula is C85H54B2F5N5S. The molecule has 14 aromatic rings. The van der Waals surface area contributed by atoms with Gasteiger partial charge in [-0.2, -0.15) is 13.2 Å². The molecule has 0 atom stereocenters. The van der Waals surface area contributed by atoms with Gasteiger partial charge in [-0.3, -0.25) is 0 Å². The van der Waals surface area contributed by atoms with Crippen molar-refractivity contribution >= 4 is 143 Å². The van der Waals surface area contributed by atoms with E-state index in [1.807, 2.05) is 212 Å². The minimum Gasteiger partial charge on any atom is -0.311 e. The van der Waals surface area contributed by atoms with E-state index < -0.39 is 36.8 Å². The number of hydrogen-bond acceptors (Lipinski definition) is 6. The summed E-state index contributed by atoms with van der Waals surface area (Å²) in [5.74, 6) is -1.89. The lowest BCUT2D eigenvalue weighted by atomic mass is 9.30. The van der Waals surface area contributed by atoms with E-state index >= 15 is 22.0 Å². The first-order valence-electron chi connectivity index (χ1n) is 32.6. The first-order valence-corrected chi connectivity index (χ1v) is 33.4. The zero-order valence-electron chi connectivity index (χ0n) is 52.4. The summed E-state index contributed by atoms with van der Waals surface area (Å²) < 4.78 is 88.1. The maximum absolute atomic E-state index is 18.2. The molecule has 466 valence electrons. The van der Waals surface area contributed by atoms with E-state index in [9.17, 15) is 0 Å². The van der Waals surface area contributed by atoms with Gasteiger partial charge in [0.25, 0.3) is 6.71 Å². The molecule has 0 bridgehead atoms. The Kier molecular flexibility index (Phi) is 14.1. The van der Waals surface area contributed by atoms with Crippen LogP contribution in [0, 0.1) is 11.6 Å². The first-order chi connectivity index (χ1) is 48.1. The molecule has 4 heterocycles. The third-order valence-electron chi connectivity index (χ3n) is 19.3. The van der Waals surface area contributed by atoms with Gasteiger partial charge in [-0.15, -0.1) is 0 Å². The van der Waals surface area contributed by atoms with E-state index in [1.165, 1.54) is 11.0 Å². The molecule has 0 aromatic heterocycles. The Morgan fingerprint density at radius 3 is 1.36 bits per heavy atom. The third kappa shape index (κ3) is 9.62. The molecule has 0 unspecified atom stereocenters. The molecule has 0 saturated heterocycles. The second-order valence-electron chi connectivity index (χ2n) is 24.9. The van der Waals surface area contributed by atoms with Crippen LogP contribution in [-0.2, 0) is 6.18 Å². The van der Waals surface area contributed by atoms with Crippen molar-refractivity contribution < 1.29 is 22.0 Å². The Hall–Kier alpha value is -11.8. The maximum Gasteiger partial charge on any atom is 0.419 e.